The molecule has 0 aromatic heterocycles. The Morgan fingerprint density at radius 2 is 1.36 bits per heavy atom. The van der Waals surface area contributed by atoms with Crippen molar-refractivity contribution >= 4 is 12.0 Å². The normalized spacial score (nSPS) is 36.3. The van der Waals surface area contributed by atoms with Crippen LogP contribution >= 0.6 is 0 Å². The summed E-state index contributed by atoms with van der Waals surface area (Å²) in [4.78, 5) is 13.3. The summed E-state index contributed by atoms with van der Waals surface area (Å²) in [6, 6.07) is 9.03. The molecule has 2 aromatic rings. The van der Waals surface area contributed by atoms with Gasteiger partial charge < -0.3 is 88.6 Å². The van der Waals surface area contributed by atoms with Gasteiger partial charge in [0.25, 0.3) is 0 Å². The molecule has 19 nitrogen and oxygen atoms in total. The maximum Gasteiger partial charge on any atom is 0.331 e. The molecule has 15 atom stereocenters. The van der Waals surface area contributed by atoms with Crippen LogP contribution in [0.25, 0.3) is 6.08 Å². The van der Waals surface area contributed by atoms with Crippen molar-refractivity contribution in [1.29, 1.82) is 0 Å². The van der Waals surface area contributed by atoms with Gasteiger partial charge in [-0.25, -0.2) is 4.79 Å². The summed E-state index contributed by atoms with van der Waals surface area (Å²) in [6.45, 7) is 1.96. The second-order valence-corrected chi connectivity index (χ2v) is 13.6. The number of methoxy groups -OCH3 is 2. The summed E-state index contributed by atoms with van der Waals surface area (Å²) in [5.74, 6) is -0.808. The van der Waals surface area contributed by atoms with Crippen LogP contribution in [0.15, 0.2) is 42.5 Å². The van der Waals surface area contributed by atoms with Crippen LogP contribution in [0.5, 0.6) is 23.0 Å². The van der Waals surface area contributed by atoms with Crippen molar-refractivity contribution in [1.82, 2.24) is 0 Å². The lowest BCUT2D eigenvalue weighted by atomic mass is 9.96. The third-order valence-corrected chi connectivity index (χ3v) is 9.75. The Balaban J connectivity index is 1.40. The first-order chi connectivity index (χ1) is 26.7. The summed E-state index contributed by atoms with van der Waals surface area (Å²) < 4.78 is 51.0. The average Bonchev–Trinajstić information content (AvgIpc) is 3.18. The van der Waals surface area contributed by atoms with Crippen molar-refractivity contribution in [2.75, 3.05) is 27.4 Å². The number of aromatic hydroxyl groups is 2. The minimum atomic E-state index is -1.82. The number of hydrogen-bond donors (Lipinski definition) is 9. The summed E-state index contributed by atoms with van der Waals surface area (Å²) in [5, 5.41) is 95.3. The van der Waals surface area contributed by atoms with Crippen LogP contribution < -0.4 is 9.47 Å². The SMILES string of the molecule is COc1ccc(CCO[C@@H]2O[C@H](CO)[C@@H](OC(=O)/C=C/c3ccc(O)c(OC)c3)[C@H](O[C@@H]3O[C@@H](C)[C@H](O)[C@@H](O)C3O[C@@H]3O[C@H](C)[C@@H](O)[C@H](O)[C@@H]3O)[C@H]2O)cc1O. The summed E-state index contributed by atoms with van der Waals surface area (Å²) in [6.07, 6.45) is -20.9. The monoisotopic (exact) mass is 798 g/mol. The molecule has 312 valence electrons. The van der Waals surface area contributed by atoms with E-state index in [-0.39, 0.29) is 36.0 Å². The number of carbonyl (C=O) groups excluding carboxylic acids is 1. The molecule has 19 heteroatoms. The number of ether oxygens (including phenoxy) is 9. The van der Waals surface area contributed by atoms with Crippen molar-refractivity contribution in [2.24, 2.45) is 0 Å². The number of rotatable bonds is 14. The summed E-state index contributed by atoms with van der Waals surface area (Å²) >= 11 is 0. The Bertz CT molecular complexity index is 1620. The number of esters is 1. The van der Waals surface area contributed by atoms with E-state index in [9.17, 15) is 50.8 Å². The van der Waals surface area contributed by atoms with Crippen LogP contribution in [0, 0.1) is 0 Å². The maximum absolute atomic E-state index is 13.3. The number of carbonyl (C=O) groups is 1. The van der Waals surface area contributed by atoms with Gasteiger partial charge in [0.15, 0.2) is 48.0 Å². The third-order valence-electron chi connectivity index (χ3n) is 9.75. The van der Waals surface area contributed by atoms with E-state index in [0.717, 1.165) is 6.08 Å². The second kappa shape index (κ2) is 19.2. The van der Waals surface area contributed by atoms with Crippen molar-refractivity contribution < 1.29 is 93.4 Å². The minimum Gasteiger partial charge on any atom is -0.504 e. The van der Waals surface area contributed by atoms with E-state index in [2.05, 4.69) is 0 Å². The standard InChI is InChI=1S/C37H50O19/c1-16-26(42)28(44)30(46)36(51-16)56-34-29(45)27(43)17(2)52-37(34)55-33-31(47)35(50-12-11-19-6-9-22(48-3)21(40)13-19)53-24(15-38)32(33)54-25(41)10-7-18-5-8-20(39)23(14-18)49-4/h5-10,13-14,16-17,24,26-40,42-47H,11-12,15H2,1-4H3/b10-7+/t16-,17+,24-,26-,27+,28+,29-,30+,31-,32-,33-,34?,35-,36+,37+/m1/s1. The quantitative estimate of drug-likeness (QED) is 0.0772. The molecule has 0 amide bonds. The summed E-state index contributed by atoms with van der Waals surface area (Å²) in [5.41, 5.74) is 1.08. The molecular formula is C37H50O19. The number of benzene rings is 2. The van der Waals surface area contributed by atoms with E-state index in [1.807, 2.05) is 0 Å². The van der Waals surface area contributed by atoms with Gasteiger partial charge in [0.2, 0.25) is 0 Å². The molecule has 0 saturated carbocycles. The Labute approximate surface area is 321 Å². The lowest BCUT2D eigenvalue weighted by Gasteiger charge is -2.48. The first kappa shape index (κ1) is 43.5. The Morgan fingerprint density at radius 1 is 0.696 bits per heavy atom. The number of aliphatic hydroxyl groups is 7. The molecule has 2 aromatic carbocycles. The fraction of sp³-hybridized carbons (Fsp3) is 0.595. The van der Waals surface area contributed by atoms with Crippen LogP contribution in [0.4, 0.5) is 0 Å². The molecule has 0 spiro atoms. The van der Waals surface area contributed by atoms with Gasteiger partial charge in [-0.1, -0.05) is 12.1 Å². The summed E-state index contributed by atoms with van der Waals surface area (Å²) in [7, 11) is 2.76. The van der Waals surface area contributed by atoms with Gasteiger partial charge in [-0.3, -0.25) is 0 Å². The number of hydrogen-bond acceptors (Lipinski definition) is 19. The van der Waals surface area contributed by atoms with Gasteiger partial charge in [-0.15, -0.1) is 0 Å². The molecule has 3 saturated heterocycles. The van der Waals surface area contributed by atoms with Crippen LogP contribution in [0.1, 0.15) is 25.0 Å². The third kappa shape index (κ3) is 9.88. The molecule has 5 rings (SSSR count). The van der Waals surface area contributed by atoms with Gasteiger partial charge in [0.05, 0.1) is 39.6 Å². The molecule has 3 aliphatic rings. The van der Waals surface area contributed by atoms with Crippen LogP contribution in [0.2, 0.25) is 0 Å². The largest absolute Gasteiger partial charge is 0.504 e. The zero-order chi connectivity index (χ0) is 40.8. The Kier molecular flexibility index (Phi) is 14.9. The Morgan fingerprint density at radius 3 is 2.02 bits per heavy atom. The zero-order valence-electron chi connectivity index (χ0n) is 31.0. The lowest BCUT2D eigenvalue weighted by molar-refractivity contribution is -0.385. The highest BCUT2D eigenvalue weighted by Gasteiger charge is 2.54. The van der Waals surface area contributed by atoms with E-state index in [4.69, 9.17) is 42.6 Å². The molecule has 0 radical (unpaired) electrons. The zero-order valence-corrected chi connectivity index (χ0v) is 31.0. The first-order valence-corrected chi connectivity index (χ1v) is 17.9. The van der Waals surface area contributed by atoms with Crippen LogP contribution in [-0.4, -0.2) is 171 Å². The second-order valence-electron chi connectivity index (χ2n) is 13.6. The van der Waals surface area contributed by atoms with E-state index in [1.165, 1.54) is 58.4 Å². The van der Waals surface area contributed by atoms with Crippen LogP contribution in [0.3, 0.4) is 0 Å². The molecule has 0 aliphatic carbocycles. The lowest BCUT2D eigenvalue weighted by Crippen LogP contribution is -2.66. The van der Waals surface area contributed by atoms with Crippen molar-refractivity contribution in [2.45, 2.75) is 112 Å². The fourth-order valence-corrected chi connectivity index (χ4v) is 6.49. The predicted octanol–water partition coefficient (Wildman–Crippen LogP) is -1.56. The molecular weight excluding hydrogens is 748 g/mol. The number of aliphatic hydroxyl groups excluding tert-OH is 7. The van der Waals surface area contributed by atoms with Crippen molar-refractivity contribution in [3.05, 3.63) is 53.6 Å². The molecule has 3 aliphatic heterocycles. The molecule has 9 N–H and O–H groups in total. The molecule has 56 heavy (non-hydrogen) atoms. The number of phenolic OH excluding ortho intramolecular Hbond substituents is 2. The van der Waals surface area contributed by atoms with Gasteiger partial charge in [-0.05, 0) is 61.7 Å². The van der Waals surface area contributed by atoms with Gasteiger partial charge in [0, 0.05) is 6.08 Å². The minimum absolute atomic E-state index is 0.0848. The van der Waals surface area contributed by atoms with E-state index >= 15 is 0 Å². The fourth-order valence-electron chi connectivity index (χ4n) is 6.49. The molecule has 3 fully saturated rings. The van der Waals surface area contributed by atoms with Crippen LogP contribution in [-0.2, 0) is 44.4 Å². The topological polar surface area (TPSA) is 282 Å². The molecule has 1 unspecified atom stereocenters. The highest BCUT2D eigenvalue weighted by molar-refractivity contribution is 5.87. The highest BCUT2D eigenvalue weighted by atomic mass is 16.8. The predicted molar refractivity (Wildman–Crippen MR) is 188 cm³/mol. The van der Waals surface area contributed by atoms with E-state index < -0.39 is 105 Å². The van der Waals surface area contributed by atoms with E-state index in [0.29, 0.717) is 11.1 Å². The highest BCUT2D eigenvalue weighted by Crippen LogP contribution is 2.35. The average molecular weight is 799 g/mol. The molecule has 3 heterocycles. The molecule has 0 bridgehead atoms. The smallest absolute Gasteiger partial charge is 0.331 e. The number of phenols is 2. The Hall–Kier alpha value is -3.67. The van der Waals surface area contributed by atoms with Crippen molar-refractivity contribution in [3.63, 3.8) is 0 Å². The maximum atomic E-state index is 13.3. The first-order valence-electron chi connectivity index (χ1n) is 17.9. The van der Waals surface area contributed by atoms with Gasteiger partial charge >= 0.3 is 5.97 Å². The van der Waals surface area contributed by atoms with Gasteiger partial charge in [-0.2, -0.15) is 0 Å². The van der Waals surface area contributed by atoms with E-state index in [1.54, 1.807) is 12.1 Å². The van der Waals surface area contributed by atoms with Crippen molar-refractivity contribution in [3.8, 4) is 23.0 Å². The van der Waals surface area contributed by atoms with Gasteiger partial charge in [0.1, 0.15) is 54.9 Å².